The molecule has 2 amide bonds. The number of nitrogens with zero attached hydrogens (tertiary/aromatic N) is 2. The molecule has 0 aliphatic carbocycles. The Balaban J connectivity index is 1.31. The van der Waals surface area contributed by atoms with Crippen molar-refractivity contribution in [2.75, 3.05) is 49.5 Å². The van der Waals surface area contributed by atoms with E-state index in [1.54, 1.807) is 0 Å². The summed E-state index contributed by atoms with van der Waals surface area (Å²) in [5.74, 6) is 1.40. The summed E-state index contributed by atoms with van der Waals surface area (Å²) in [6, 6.07) is 7.73. The van der Waals surface area contributed by atoms with Gasteiger partial charge in [-0.2, -0.15) is 0 Å². The van der Waals surface area contributed by atoms with Crippen LogP contribution in [0.5, 0.6) is 0 Å². The van der Waals surface area contributed by atoms with Crippen LogP contribution in [0.1, 0.15) is 32.3 Å². The highest BCUT2D eigenvalue weighted by molar-refractivity contribution is 8.00. The first kappa shape index (κ1) is 23.1. The van der Waals surface area contributed by atoms with E-state index in [9.17, 15) is 9.59 Å². The second kappa shape index (κ2) is 11.2. The molecule has 1 N–H and O–H groups in total. The van der Waals surface area contributed by atoms with Gasteiger partial charge in [0, 0.05) is 38.4 Å². The lowest BCUT2D eigenvalue weighted by Crippen LogP contribution is -2.48. The molecule has 2 aliphatic rings. The molecular weight excluding hydrogens is 398 g/mol. The van der Waals surface area contributed by atoms with Crippen LogP contribution >= 0.6 is 11.8 Å². The van der Waals surface area contributed by atoms with Crippen molar-refractivity contribution in [1.82, 2.24) is 9.80 Å². The summed E-state index contributed by atoms with van der Waals surface area (Å²) in [5.41, 5.74) is 1.95. The number of ether oxygens (including phenoxy) is 1. The molecule has 0 aromatic heterocycles. The lowest BCUT2D eigenvalue weighted by Gasteiger charge is -2.39. The highest BCUT2D eigenvalue weighted by atomic mass is 32.2. The highest BCUT2D eigenvalue weighted by Gasteiger charge is 2.27. The third-order valence-electron chi connectivity index (χ3n) is 5.77. The van der Waals surface area contributed by atoms with Crippen molar-refractivity contribution in [3.63, 3.8) is 0 Å². The molecule has 0 spiro atoms. The van der Waals surface area contributed by atoms with Crippen LogP contribution in [0.25, 0.3) is 0 Å². The molecule has 2 unspecified atom stereocenters. The Hall–Kier alpha value is -1.57. The Kier molecular flexibility index (Phi) is 8.60. The summed E-state index contributed by atoms with van der Waals surface area (Å²) < 4.78 is 5.82. The van der Waals surface area contributed by atoms with Gasteiger partial charge >= 0.3 is 0 Å². The third kappa shape index (κ3) is 7.29. The van der Waals surface area contributed by atoms with Crippen LogP contribution in [0, 0.1) is 12.8 Å². The van der Waals surface area contributed by atoms with Crippen LogP contribution in [-0.2, 0) is 14.3 Å². The van der Waals surface area contributed by atoms with Crippen molar-refractivity contribution in [2.45, 2.75) is 45.8 Å². The van der Waals surface area contributed by atoms with Gasteiger partial charge in [0.1, 0.15) is 0 Å². The number of aryl methyl sites for hydroxylation is 1. The molecule has 0 saturated carbocycles. The van der Waals surface area contributed by atoms with Gasteiger partial charge in [0.25, 0.3) is 0 Å². The normalized spacial score (nSPS) is 23.4. The van der Waals surface area contributed by atoms with Crippen LogP contribution in [0.15, 0.2) is 24.3 Å². The van der Waals surface area contributed by atoms with E-state index in [1.807, 2.05) is 36.1 Å². The number of carbonyl (C=O) groups excluding carboxylic acids is 2. The first-order valence-electron chi connectivity index (χ1n) is 11.0. The molecule has 30 heavy (non-hydrogen) atoms. The Morgan fingerprint density at radius 1 is 1.07 bits per heavy atom. The number of amides is 2. The van der Waals surface area contributed by atoms with Gasteiger partial charge in [0.15, 0.2) is 0 Å². The fourth-order valence-electron chi connectivity index (χ4n) is 4.32. The highest BCUT2D eigenvalue weighted by Crippen LogP contribution is 2.21. The molecular formula is C23H35N3O3S. The van der Waals surface area contributed by atoms with E-state index in [2.05, 4.69) is 24.1 Å². The Bertz CT molecular complexity index is 694. The summed E-state index contributed by atoms with van der Waals surface area (Å²) in [5, 5.41) is 2.87. The van der Waals surface area contributed by atoms with Gasteiger partial charge in [-0.3, -0.25) is 14.5 Å². The fraction of sp³-hybridized carbons (Fsp3) is 0.652. The van der Waals surface area contributed by atoms with Crippen molar-refractivity contribution in [1.29, 1.82) is 0 Å². The van der Waals surface area contributed by atoms with E-state index in [-0.39, 0.29) is 11.8 Å². The first-order chi connectivity index (χ1) is 14.4. The Morgan fingerprint density at radius 3 is 2.33 bits per heavy atom. The Morgan fingerprint density at radius 2 is 1.70 bits per heavy atom. The predicted molar refractivity (Wildman–Crippen MR) is 123 cm³/mol. The zero-order valence-electron chi connectivity index (χ0n) is 18.4. The minimum atomic E-state index is -0.0654. The number of anilines is 1. The van der Waals surface area contributed by atoms with E-state index < -0.39 is 0 Å². The topological polar surface area (TPSA) is 61.9 Å². The molecule has 7 heteroatoms. The molecule has 2 heterocycles. The summed E-state index contributed by atoms with van der Waals surface area (Å²) in [4.78, 5) is 29.0. The smallest absolute Gasteiger partial charge is 0.234 e. The second-order valence-electron chi connectivity index (χ2n) is 8.71. The number of nitrogens with one attached hydrogen (secondary N) is 1. The van der Waals surface area contributed by atoms with E-state index in [4.69, 9.17) is 4.74 Å². The van der Waals surface area contributed by atoms with Crippen molar-refractivity contribution in [3.05, 3.63) is 29.8 Å². The van der Waals surface area contributed by atoms with Gasteiger partial charge in [-0.15, -0.1) is 11.8 Å². The predicted octanol–water partition coefficient (Wildman–Crippen LogP) is 3.01. The number of thioether (sulfide) groups is 1. The number of rotatable bonds is 7. The zero-order chi connectivity index (χ0) is 21.5. The quantitative estimate of drug-likeness (QED) is 0.716. The average molecular weight is 434 g/mol. The Labute approximate surface area is 184 Å². The minimum absolute atomic E-state index is 0.0654. The van der Waals surface area contributed by atoms with Gasteiger partial charge < -0.3 is 15.0 Å². The maximum absolute atomic E-state index is 12.5. The molecule has 166 valence electrons. The van der Waals surface area contributed by atoms with Gasteiger partial charge in [-0.1, -0.05) is 17.7 Å². The monoisotopic (exact) mass is 433 g/mol. The molecule has 1 aromatic carbocycles. The van der Waals surface area contributed by atoms with Crippen LogP contribution in [-0.4, -0.2) is 78.1 Å². The van der Waals surface area contributed by atoms with E-state index >= 15 is 0 Å². The van der Waals surface area contributed by atoms with Crippen molar-refractivity contribution < 1.29 is 14.3 Å². The van der Waals surface area contributed by atoms with Gasteiger partial charge in [-0.25, -0.2) is 0 Å². The second-order valence-corrected chi connectivity index (χ2v) is 9.69. The van der Waals surface area contributed by atoms with Crippen LogP contribution in [0.3, 0.4) is 0 Å². The number of hydrogen-bond acceptors (Lipinski definition) is 5. The van der Waals surface area contributed by atoms with E-state index in [0.717, 1.165) is 56.8 Å². The molecule has 0 radical (unpaired) electrons. The van der Waals surface area contributed by atoms with E-state index in [0.29, 0.717) is 29.6 Å². The maximum atomic E-state index is 12.5. The zero-order valence-corrected chi connectivity index (χ0v) is 19.2. The number of likely N-dealkylation sites (tertiary alicyclic amines) is 1. The van der Waals surface area contributed by atoms with Crippen LogP contribution in [0.2, 0.25) is 0 Å². The molecule has 0 bridgehead atoms. The van der Waals surface area contributed by atoms with Crippen LogP contribution in [0.4, 0.5) is 5.69 Å². The number of hydrogen-bond donors (Lipinski definition) is 1. The number of morpholine rings is 1. The number of carbonyl (C=O) groups is 2. The van der Waals surface area contributed by atoms with Gasteiger partial charge in [-0.05, 0) is 51.7 Å². The number of benzene rings is 1. The van der Waals surface area contributed by atoms with Crippen molar-refractivity contribution >= 4 is 29.3 Å². The molecule has 2 aliphatic heterocycles. The molecule has 1 aromatic rings. The average Bonchev–Trinajstić information content (AvgIpc) is 2.69. The van der Waals surface area contributed by atoms with Crippen molar-refractivity contribution in [3.8, 4) is 0 Å². The van der Waals surface area contributed by atoms with Gasteiger partial charge in [0.05, 0.1) is 23.7 Å². The molecule has 6 nitrogen and oxygen atoms in total. The summed E-state index contributed by atoms with van der Waals surface area (Å²) in [6.45, 7) is 11.1. The molecule has 3 rings (SSSR count). The standard InChI is InChI=1S/C23H35N3O3S/c1-17-4-6-21(7-5-17)24-22(27)15-30-16-23(28)26-10-8-20(9-11-26)14-25-12-18(2)29-19(3)13-25/h4-7,18-20H,8-16H2,1-3H3,(H,24,27). The third-order valence-corrected chi connectivity index (χ3v) is 6.69. The summed E-state index contributed by atoms with van der Waals surface area (Å²) in [6.07, 6.45) is 2.72. The first-order valence-corrected chi connectivity index (χ1v) is 12.1. The van der Waals surface area contributed by atoms with Crippen LogP contribution < -0.4 is 5.32 Å². The fourth-order valence-corrected chi connectivity index (χ4v) is 5.04. The SMILES string of the molecule is Cc1ccc(NC(=O)CSCC(=O)N2CCC(CN3CC(C)OC(C)C3)CC2)cc1. The number of piperidine rings is 1. The lowest BCUT2D eigenvalue weighted by molar-refractivity contribution is -0.130. The lowest BCUT2D eigenvalue weighted by atomic mass is 9.95. The molecule has 2 fully saturated rings. The summed E-state index contributed by atoms with van der Waals surface area (Å²) in [7, 11) is 0. The van der Waals surface area contributed by atoms with Gasteiger partial charge in [0.2, 0.25) is 11.8 Å². The van der Waals surface area contributed by atoms with E-state index in [1.165, 1.54) is 11.8 Å². The summed E-state index contributed by atoms with van der Waals surface area (Å²) >= 11 is 1.39. The molecule has 2 atom stereocenters. The largest absolute Gasteiger partial charge is 0.373 e. The van der Waals surface area contributed by atoms with Crippen molar-refractivity contribution in [2.24, 2.45) is 5.92 Å². The molecule has 2 saturated heterocycles. The maximum Gasteiger partial charge on any atom is 0.234 e. The minimum Gasteiger partial charge on any atom is -0.373 e.